The molecular weight excluding hydrogens is 310 g/mol. The van der Waals surface area contributed by atoms with Gasteiger partial charge in [-0.3, -0.25) is 4.99 Å². The molecule has 0 saturated heterocycles. The predicted octanol–water partition coefficient (Wildman–Crippen LogP) is 2.64. The van der Waals surface area contributed by atoms with E-state index >= 15 is 0 Å². The maximum absolute atomic E-state index is 10.1. The van der Waals surface area contributed by atoms with Crippen molar-refractivity contribution in [3.63, 3.8) is 0 Å². The van der Waals surface area contributed by atoms with Gasteiger partial charge in [0, 0.05) is 19.6 Å². The number of hydrogen-bond acceptors (Lipinski definition) is 4. The summed E-state index contributed by atoms with van der Waals surface area (Å²) in [6.45, 7) is 4.43. The third kappa shape index (κ3) is 7.50. The van der Waals surface area contributed by atoms with Gasteiger partial charge in [-0.25, -0.2) is 0 Å². The van der Waals surface area contributed by atoms with Gasteiger partial charge in [0.05, 0.1) is 7.11 Å². The van der Waals surface area contributed by atoms with Crippen LogP contribution in [-0.4, -0.2) is 49.8 Å². The summed E-state index contributed by atoms with van der Waals surface area (Å²) in [5.74, 6) is 2.75. The third-order valence-electron chi connectivity index (χ3n) is 3.36. The Labute approximate surface area is 143 Å². The normalized spacial score (nSPS) is 11.3. The van der Waals surface area contributed by atoms with Gasteiger partial charge in [0.1, 0.15) is 0 Å². The maximum Gasteiger partial charge on any atom is 0.191 e. The number of para-hydroxylation sites is 1. The number of phenols is 1. The highest BCUT2D eigenvalue weighted by molar-refractivity contribution is 7.98. The van der Waals surface area contributed by atoms with Crippen molar-refractivity contribution in [2.75, 3.05) is 38.8 Å². The van der Waals surface area contributed by atoms with Gasteiger partial charge in [-0.05, 0) is 49.8 Å². The summed E-state index contributed by atoms with van der Waals surface area (Å²) >= 11 is 1.87. The maximum atomic E-state index is 10.1. The van der Waals surface area contributed by atoms with E-state index in [0.29, 0.717) is 18.7 Å². The highest BCUT2D eigenvalue weighted by Crippen LogP contribution is 2.29. The second-order valence-electron chi connectivity index (χ2n) is 5.11. The molecule has 0 radical (unpaired) electrons. The number of benzene rings is 1. The number of hydrogen-bond donors (Lipinski definition) is 3. The molecule has 0 aliphatic rings. The number of thioether (sulfide) groups is 1. The summed E-state index contributed by atoms with van der Waals surface area (Å²) in [7, 11) is 1.56. The Bertz CT molecular complexity index is 481. The van der Waals surface area contributed by atoms with E-state index in [0.717, 1.165) is 31.0 Å². The van der Waals surface area contributed by atoms with Crippen LogP contribution in [0.4, 0.5) is 0 Å². The largest absolute Gasteiger partial charge is 0.504 e. The van der Waals surface area contributed by atoms with Crippen LogP contribution in [0.25, 0.3) is 0 Å². The van der Waals surface area contributed by atoms with E-state index in [-0.39, 0.29) is 5.75 Å². The Balaban J connectivity index is 2.44. The van der Waals surface area contributed by atoms with Gasteiger partial charge in [0.25, 0.3) is 0 Å². The molecule has 0 unspecified atom stereocenters. The summed E-state index contributed by atoms with van der Waals surface area (Å²) in [4.78, 5) is 4.57. The molecular formula is C17H29N3O2S. The average molecular weight is 340 g/mol. The van der Waals surface area contributed by atoms with E-state index < -0.39 is 0 Å². The van der Waals surface area contributed by atoms with Crippen molar-refractivity contribution < 1.29 is 9.84 Å². The Morgan fingerprint density at radius 1 is 1.30 bits per heavy atom. The van der Waals surface area contributed by atoms with Crippen molar-refractivity contribution in [2.45, 2.75) is 26.2 Å². The predicted molar refractivity (Wildman–Crippen MR) is 100.0 cm³/mol. The van der Waals surface area contributed by atoms with Crippen molar-refractivity contribution in [3.8, 4) is 11.5 Å². The summed E-state index contributed by atoms with van der Waals surface area (Å²) in [5.41, 5.74) is 0.868. The first kappa shape index (κ1) is 19.5. The van der Waals surface area contributed by atoms with Crippen molar-refractivity contribution in [3.05, 3.63) is 23.8 Å². The highest BCUT2D eigenvalue weighted by atomic mass is 32.2. The molecule has 1 aromatic rings. The summed E-state index contributed by atoms with van der Waals surface area (Å²) in [6.07, 6.45) is 5.14. The second-order valence-corrected chi connectivity index (χ2v) is 6.09. The number of methoxy groups -OCH3 is 1. The molecule has 0 aliphatic heterocycles. The van der Waals surface area contributed by atoms with Crippen molar-refractivity contribution in [2.24, 2.45) is 4.99 Å². The zero-order valence-corrected chi connectivity index (χ0v) is 15.2. The van der Waals surface area contributed by atoms with Crippen LogP contribution in [0.5, 0.6) is 11.5 Å². The van der Waals surface area contributed by atoms with Gasteiger partial charge in [-0.15, -0.1) is 0 Å². The fourth-order valence-corrected chi connectivity index (χ4v) is 2.63. The molecule has 23 heavy (non-hydrogen) atoms. The Hall–Kier alpha value is -1.56. The molecule has 6 heteroatoms. The minimum atomic E-state index is 0.218. The van der Waals surface area contributed by atoms with E-state index in [4.69, 9.17) is 4.74 Å². The molecule has 1 rings (SSSR count). The van der Waals surface area contributed by atoms with Gasteiger partial charge in [0.15, 0.2) is 17.5 Å². The van der Waals surface area contributed by atoms with E-state index in [9.17, 15) is 5.11 Å². The molecule has 0 aliphatic carbocycles. The number of guanidine groups is 1. The van der Waals surface area contributed by atoms with Gasteiger partial charge < -0.3 is 20.5 Å². The van der Waals surface area contributed by atoms with E-state index in [1.54, 1.807) is 13.2 Å². The van der Waals surface area contributed by atoms with Crippen LogP contribution in [0.1, 0.15) is 25.3 Å². The molecule has 130 valence electrons. The van der Waals surface area contributed by atoms with E-state index in [1.807, 2.05) is 23.9 Å². The molecule has 3 N–H and O–H groups in total. The van der Waals surface area contributed by atoms with Crippen molar-refractivity contribution in [1.82, 2.24) is 10.6 Å². The number of phenolic OH excluding ortho intramolecular Hbond substituents is 1. The molecule has 0 amide bonds. The fourth-order valence-electron chi connectivity index (χ4n) is 2.14. The number of aromatic hydroxyl groups is 1. The highest BCUT2D eigenvalue weighted by Gasteiger charge is 2.07. The number of unbranched alkanes of at least 4 members (excludes halogenated alkanes) is 1. The van der Waals surface area contributed by atoms with Crippen LogP contribution in [0.2, 0.25) is 0 Å². The van der Waals surface area contributed by atoms with Crippen LogP contribution in [0.3, 0.4) is 0 Å². The average Bonchev–Trinajstić information content (AvgIpc) is 2.56. The zero-order chi connectivity index (χ0) is 16.9. The molecule has 0 aromatic heterocycles. The smallest absolute Gasteiger partial charge is 0.191 e. The standard InChI is InChI=1S/C17H29N3O2S/c1-4-18-17(19-11-5-6-13-23-3)20-12-10-14-8-7-9-15(22-2)16(14)21/h7-9,21H,4-6,10-13H2,1-3H3,(H2,18,19,20). The molecule has 0 saturated carbocycles. The first-order valence-corrected chi connectivity index (χ1v) is 9.48. The van der Waals surface area contributed by atoms with Crippen LogP contribution < -0.4 is 15.4 Å². The Morgan fingerprint density at radius 3 is 2.83 bits per heavy atom. The number of nitrogens with one attached hydrogen (secondary N) is 2. The van der Waals surface area contributed by atoms with Crippen LogP contribution in [-0.2, 0) is 6.42 Å². The first-order chi connectivity index (χ1) is 11.2. The molecule has 0 heterocycles. The van der Waals surface area contributed by atoms with Crippen LogP contribution in [0, 0.1) is 0 Å². The van der Waals surface area contributed by atoms with Crippen molar-refractivity contribution in [1.29, 1.82) is 0 Å². The number of nitrogens with zero attached hydrogens (tertiary/aromatic N) is 1. The lowest BCUT2D eigenvalue weighted by atomic mass is 10.1. The quantitative estimate of drug-likeness (QED) is 0.347. The van der Waals surface area contributed by atoms with Gasteiger partial charge in [-0.1, -0.05) is 12.1 Å². The Morgan fingerprint density at radius 2 is 2.13 bits per heavy atom. The SMILES string of the molecule is CCNC(=NCCCCSC)NCCc1cccc(OC)c1O. The second kappa shape index (κ2) is 11.9. The van der Waals surface area contributed by atoms with Crippen LogP contribution in [0.15, 0.2) is 23.2 Å². The van der Waals surface area contributed by atoms with Crippen molar-refractivity contribution >= 4 is 17.7 Å². The topological polar surface area (TPSA) is 65.9 Å². The van der Waals surface area contributed by atoms with Gasteiger partial charge >= 0.3 is 0 Å². The molecule has 5 nitrogen and oxygen atoms in total. The summed E-state index contributed by atoms with van der Waals surface area (Å²) in [5, 5.41) is 16.6. The third-order valence-corrected chi connectivity index (χ3v) is 4.06. The van der Waals surface area contributed by atoms with E-state index in [2.05, 4.69) is 28.8 Å². The molecule has 0 spiro atoms. The van der Waals surface area contributed by atoms with E-state index in [1.165, 1.54) is 12.2 Å². The van der Waals surface area contributed by atoms with Crippen LogP contribution >= 0.6 is 11.8 Å². The van der Waals surface area contributed by atoms with Gasteiger partial charge in [0.2, 0.25) is 0 Å². The lowest BCUT2D eigenvalue weighted by Gasteiger charge is -2.12. The summed E-state index contributed by atoms with van der Waals surface area (Å²) in [6, 6.07) is 5.55. The molecule has 0 fully saturated rings. The monoisotopic (exact) mass is 339 g/mol. The number of rotatable bonds is 10. The molecule has 0 atom stereocenters. The number of ether oxygens (including phenoxy) is 1. The lowest BCUT2D eigenvalue weighted by molar-refractivity contribution is 0.370. The lowest BCUT2D eigenvalue weighted by Crippen LogP contribution is -2.38. The minimum absolute atomic E-state index is 0.218. The molecule has 0 bridgehead atoms. The minimum Gasteiger partial charge on any atom is -0.504 e. The first-order valence-electron chi connectivity index (χ1n) is 8.08. The zero-order valence-electron chi connectivity index (χ0n) is 14.4. The number of aliphatic imine (C=N–C) groups is 1. The Kier molecular flexibility index (Phi) is 10.1. The molecule has 1 aromatic carbocycles. The van der Waals surface area contributed by atoms with Gasteiger partial charge in [-0.2, -0.15) is 11.8 Å². The fraction of sp³-hybridized carbons (Fsp3) is 0.588. The summed E-state index contributed by atoms with van der Waals surface area (Å²) < 4.78 is 5.13.